The minimum atomic E-state index is -1.08. The average molecular weight is 1200 g/mol. The van der Waals surface area contributed by atoms with E-state index in [4.69, 9.17) is 66.3 Å². The van der Waals surface area contributed by atoms with Gasteiger partial charge in [-0.1, -0.05) is 61.0 Å². The number of fused-ring (bicyclic) bond motifs is 4. The number of carbonyl (C=O) groups excluding carboxylic acids is 6. The van der Waals surface area contributed by atoms with Crippen molar-refractivity contribution in [3.8, 4) is 11.1 Å². The highest BCUT2D eigenvalue weighted by atomic mass is 16.6. The molecule has 3 aliphatic rings. The molecule has 6 rings (SSSR count). The Morgan fingerprint density at radius 1 is 0.459 bits per heavy atom. The van der Waals surface area contributed by atoms with E-state index < -0.39 is 35.8 Å². The highest BCUT2D eigenvalue weighted by Crippen LogP contribution is 2.44. The fourth-order valence-electron chi connectivity index (χ4n) is 9.25. The summed E-state index contributed by atoms with van der Waals surface area (Å²) in [4.78, 5) is 76.1. The number of nitrogens with one attached hydrogen (secondary N) is 3. The lowest BCUT2D eigenvalue weighted by atomic mass is 9.98. The molecule has 85 heavy (non-hydrogen) atoms. The van der Waals surface area contributed by atoms with Crippen molar-refractivity contribution in [1.29, 1.82) is 0 Å². The van der Waals surface area contributed by atoms with Gasteiger partial charge in [-0.15, -0.1) is 0 Å². The van der Waals surface area contributed by atoms with Crippen LogP contribution in [0.5, 0.6) is 0 Å². The summed E-state index contributed by atoms with van der Waals surface area (Å²) in [7, 11) is 0. The molecule has 3 aromatic carbocycles. The molecule has 6 amide bonds. The van der Waals surface area contributed by atoms with Gasteiger partial charge in [0.1, 0.15) is 12.6 Å². The van der Waals surface area contributed by atoms with Crippen molar-refractivity contribution in [3.05, 3.63) is 89.0 Å². The Balaban J connectivity index is 0.571. The van der Waals surface area contributed by atoms with Crippen molar-refractivity contribution in [2.45, 2.75) is 56.9 Å². The number of piperidine rings is 1. The van der Waals surface area contributed by atoms with Crippen molar-refractivity contribution in [2.24, 2.45) is 0 Å². The average Bonchev–Trinajstić information content (AvgIpc) is 2.20. The number of hydrogen-bond donors (Lipinski definition) is 3. The van der Waals surface area contributed by atoms with Crippen LogP contribution in [0.4, 0.5) is 10.5 Å². The lowest BCUT2D eigenvalue weighted by molar-refractivity contribution is -0.136. The highest BCUT2D eigenvalue weighted by molar-refractivity contribution is 6.26. The van der Waals surface area contributed by atoms with Crippen LogP contribution in [0.15, 0.2) is 66.7 Å². The van der Waals surface area contributed by atoms with Gasteiger partial charge in [0.25, 0.3) is 11.8 Å². The Morgan fingerprint density at radius 2 is 0.871 bits per heavy atom. The van der Waals surface area contributed by atoms with Crippen LogP contribution in [0.1, 0.15) is 82.7 Å². The Kier molecular flexibility index (Phi) is 33.8. The summed E-state index contributed by atoms with van der Waals surface area (Å²) < 4.78 is 77.7. The number of unbranched alkanes of at least 4 members (excludes halogenated alkanes) is 2. The van der Waals surface area contributed by atoms with Gasteiger partial charge in [-0.3, -0.25) is 34.2 Å². The van der Waals surface area contributed by atoms with E-state index in [1.54, 1.807) is 12.1 Å². The largest absolute Gasteiger partial charge is 0.449 e. The fourth-order valence-corrected chi connectivity index (χ4v) is 9.25. The zero-order chi connectivity index (χ0) is 59.8. The number of nitrogens with zero attached hydrogens (tertiary/aromatic N) is 1. The number of rotatable bonds is 50. The van der Waals surface area contributed by atoms with Crippen LogP contribution in [0.2, 0.25) is 0 Å². The summed E-state index contributed by atoms with van der Waals surface area (Å²) in [6.45, 7) is 12.8. The van der Waals surface area contributed by atoms with E-state index in [0.717, 1.165) is 17.7 Å². The monoisotopic (exact) mass is 1190 g/mol. The molecule has 470 valence electrons. The molecule has 24 heteroatoms. The maximum absolute atomic E-state index is 13.2. The second-order valence-corrected chi connectivity index (χ2v) is 19.6. The van der Waals surface area contributed by atoms with E-state index >= 15 is 0 Å². The van der Waals surface area contributed by atoms with E-state index in [0.29, 0.717) is 198 Å². The smallest absolute Gasteiger partial charge is 0.407 e. The highest BCUT2D eigenvalue weighted by Gasteiger charge is 2.45. The van der Waals surface area contributed by atoms with Crippen LogP contribution in [-0.4, -0.2) is 232 Å². The molecule has 0 aromatic heterocycles. The van der Waals surface area contributed by atoms with Gasteiger partial charge in [0.15, 0.2) is 0 Å². The summed E-state index contributed by atoms with van der Waals surface area (Å²) in [5.41, 5.74) is 5.14. The van der Waals surface area contributed by atoms with Crippen LogP contribution in [0.25, 0.3) is 11.1 Å². The van der Waals surface area contributed by atoms with Crippen LogP contribution in [0.3, 0.4) is 0 Å². The first kappa shape index (κ1) is 68.3. The van der Waals surface area contributed by atoms with Crippen LogP contribution >= 0.6 is 0 Å². The third kappa shape index (κ3) is 25.6. The molecule has 1 aliphatic carbocycles. The molecule has 0 saturated carbocycles. The Bertz CT molecular complexity index is 2400. The Hall–Kier alpha value is -5.84. The van der Waals surface area contributed by atoms with E-state index in [1.165, 1.54) is 28.3 Å². The van der Waals surface area contributed by atoms with Crippen LogP contribution in [0, 0.1) is 0 Å². The number of amides is 6. The molecule has 2 aliphatic heterocycles. The summed E-state index contributed by atoms with van der Waals surface area (Å²) in [5.74, 6) is -2.70. The van der Waals surface area contributed by atoms with E-state index in [9.17, 15) is 28.8 Å². The zero-order valence-corrected chi connectivity index (χ0v) is 48.9. The number of hydrogen-bond acceptors (Lipinski definition) is 20. The lowest BCUT2D eigenvalue weighted by Gasteiger charge is -2.27. The third-order valence-electron chi connectivity index (χ3n) is 13.5. The van der Waals surface area contributed by atoms with Gasteiger partial charge >= 0.3 is 6.09 Å². The summed E-state index contributed by atoms with van der Waals surface area (Å²) >= 11 is 0. The van der Waals surface area contributed by atoms with Gasteiger partial charge in [0.05, 0.1) is 175 Å². The molecule has 3 N–H and O–H groups in total. The number of anilines is 1. The van der Waals surface area contributed by atoms with Gasteiger partial charge in [-0.25, -0.2) is 4.79 Å². The summed E-state index contributed by atoms with van der Waals surface area (Å²) in [5, 5.41) is 7.72. The van der Waals surface area contributed by atoms with Gasteiger partial charge in [-0.05, 0) is 60.1 Å². The maximum atomic E-state index is 13.2. The number of imide groups is 2. The second kappa shape index (κ2) is 42.1. The SMILES string of the molecule is O=C1CCC(N2C(=O)c3cccc(NC(=O)CCCCCOCCOCCOCCOCCOCCOCCOCCOCCOCCOCCOCCOCCOCCCNC(=O)OCC4c5ccccc5-c5ccccc54)c3C2=O)C(=O)N1. The molecule has 0 spiro atoms. The molecule has 1 unspecified atom stereocenters. The lowest BCUT2D eigenvalue weighted by Crippen LogP contribution is -2.54. The Labute approximate surface area is 497 Å². The predicted molar refractivity (Wildman–Crippen MR) is 309 cm³/mol. The number of carbonyl (C=O) groups is 6. The van der Waals surface area contributed by atoms with E-state index in [-0.39, 0.29) is 47.9 Å². The second-order valence-electron chi connectivity index (χ2n) is 19.6. The molecule has 1 atom stereocenters. The van der Waals surface area contributed by atoms with Gasteiger partial charge in [0.2, 0.25) is 17.7 Å². The molecular formula is C61H86N4O20. The quantitative estimate of drug-likeness (QED) is 0.0509. The minimum absolute atomic E-state index is 0.0225. The van der Waals surface area contributed by atoms with E-state index in [2.05, 4.69) is 40.2 Å². The zero-order valence-electron chi connectivity index (χ0n) is 48.9. The van der Waals surface area contributed by atoms with Gasteiger partial charge < -0.3 is 76.9 Å². The first-order valence-corrected chi connectivity index (χ1v) is 29.6. The predicted octanol–water partition coefficient (Wildman–Crippen LogP) is 4.73. The van der Waals surface area contributed by atoms with Crippen molar-refractivity contribution in [2.75, 3.05) is 190 Å². The van der Waals surface area contributed by atoms with Crippen molar-refractivity contribution < 1.29 is 95.1 Å². The summed E-state index contributed by atoms with van der Waals surface area (Å²) in [6, 6.07) is 20.0. The third-order valence-corrected chi connectivity index (χ3v) is 13.5. The van der Waals surface area contributed by atoms with Crippen molar-refractivity contribution >= 4 is 41.3 Å². The molecule has 3 aromatic rings. The molecule has 24 nitrogen and oxygen atoms in total. The first-order valence-electron chi connectivity index (χ1n) is 29.6. The number of ether oxygens (including phenoxy) is 14. The molecule has 0 bridgehead atoms. The standard InChI is InChI=1S/C61H86N4O20/c66-55(63-53-15-8-14-51-57(53)60(70)65(59(51)69)54-17-18-56(67)64-58(54)68)16-2-1-7-20-72-22-24-74-26-28-76-30-32-78-34-36-80-38-40-82-42-44-84-45-43-83-41-39-81-37-35-79-33-31-77-29-27-75-25-23-73-21-9-19-62-61(71)85-46-52-49-12-5-3-10-47(49)48-11-4-6-13-50(48)52/h3-6,8,10-15,52,54H,1-2,7,9,16-46H2,(H,62,71)(H,63,66)(H,64,67,68). The fraction of sp³-hybridized carbons (Fsp3) is 0.607. The Morgan fingerprint density at radius 3 is 1.32 bits per heavy atom. The molecule has 0 radical (unpaired) electrons. The van der Waals surface area contributed by atoms with E-state index in [1.807, 2.05) is 24.3 Å². The number of benzene rings is 3. The van der Waals surface area contributed by atoms with Crippen molar-refractivity contribution in [1.82, 2.24) is 15.5 Å². The number of alkyl carbamates (subject to hydrolysis) is 1. The van der Waals surface area contributed by atoms with Crippen LogP contribution in [-0.2, 0) is 80.7 Å². The molecular weight excluding hydrogens is 1110 g/mol. The van der Waals surface area contributed by atoms with Gasteiger partial charge in [0, 0.05) is 38.5 Å². The maximum Gasteiger partial charge on any atom is 0.407 e. The normalized spacial score (nSPS) is 14.6. The van der Waals surface area contributed by atoms with Crippen LogP contribution < -0.4 is 16.0 Å². The summed E-state index contributed by atoms with van der Waals surface area (Å²) in [6.07, 6.45) is 2.65. The topological polar surface area (TPSA) is 271 Å². The first-order chi connectivity index (χ1) is 41.8. The van der Waals surface area contributed by atoms with Gasteiger partial charge in [-0.2, -0.15) is 0 Å². The molecule has 1 fully saturated rings. The molecule has 2 heterocycles. The molecule has 1 saturated heterocycles. The minimum Gasteiger partial charge on any atom is -0.449 e. The van der Waals surface area contributed by atoms with Crippen molar-refractivity contribution in [3.63, 3.8) is 0 Å².